The lowest BCUT2D eigenvalue weighted by Gasteiger charge is -2.10. The highest BCUT2D eigenvalue weighted by atomic mass is 16.5. The Morgan fingerprint density at radius 2 is 1.83 bits per heavy atom. The highest BCUT2D eigenvalue weighted by Gasteiger charge is 2.17. The highest BCUT2D eigenvalue weighted by molar-refractivity contribution is 6.00. The number of hydrogen-bond donors (Lipinski definition) is 0. The molecule has 0 spiro atoms. The average molecular weight is 390 g/mol. The number of benzene rings is 2. The molecule has 0 saturated heterocycles. The molecular weight excluding hydrogens is 368 g/mol. The predicted molar refractivity (Wildman–Crippen MR) is 109 cm³/mol. The largest absolute Gasteiger partial charge is 0.454 e. The topological polar surface area (TPSA) is 78.3 Å². The number of aryl methyl sites for hydroxylation is 4. The number of ketones is 1. The first kappa shape index (κ1) is 19.1. The van der Waals surface area contributed by atoms with Crippen LogP contribution in [0.2, 0.25) is 0 Å². The van der Waals surface area contributed by atoms with E-state index in [2.05, 4.69) is 4.98 Å². The number of esters is 1. The first-order valence-electron chi connectivity index (χ1n) is 9.81. The third-order valence-electron chi connectivity index (χ3n) is 5.42. The molecule has 6 heteroatoms. The normalized spacial score (nSPS) is 12.8. The molecule has 0 N–H and O–H groups in total. The summed E-state index contributed by atoms with van der Waals surface area (Å²) in [5, 5.41) is 0. The highest BCUT2D eigenvalue weighted by Crippen LogP contribution is 2.23. The summed E-state index contributed by atoms with van der Waals surface area (Å²) in [7, 11) is 0. The smallest absolute Gasteiger partial charge is 0.338 e. The van der Waals surface area contributed by atoms with Crippen LogP contribution < -0.4 is 5.56 Å². The number of fused-ring (bicyclic) bond motifs is 2. The van der Waals surface area contributed by atoms with Crippen molar-refractivity contribution in [2.45, 2.75) is 39.7 Å². The molecular formula is C23H22N2O4. The fourth-order valence-corrected chi connectivity index (χ4v) is 3.86. The maximum absolute atomic E-state index is 12.4. The van der Waals surface area contributed by atoms with Crippen LogP contribution in [0.15, 0.2) is 41.2 Å². The van der Waals surface area contributed by atoms with Crippen LogP contribution in [0, 0.1) is 6.92 Å². The van der Waals surface area contributed by atoms with E-state index in [9.17, 15) is 14.4 Å². The molecule has 0 atom stereocenters. The minimum Gasteiger partial charge on any atom is -0.454 e. The second-order valence-corrected chi connectivity index (χ2v) is 7.29. The standard InChI is InChI=1S/C23H22N2O4/c1-3-25-20-10-9-18(12-19(20)24-14(2)22(25)27)23(28)29-13-21(26)17-8-7-15-5-4-6-16(15)11-17/h7-12H,3-6,13H2,1-2H3. The summed E-state index contributed by atoms with van der Waals surface area (Å²) < 4.78 is 6.85. The van der Waals surface area contributed by atoms with Crippen LogP contribution in [0.5, 0.6) is 0 Å². The van der Waals surface area contributed by atoms with Gasteiger partial charge in [-0.15, -0.1) is 0 Å². The van der Waals surface area contributed by atoms with E-state index in [4.69, 9.17) is 4.74 Å². The fraction of sp³-hybridized carbons (Fsp3) is 0.304. The number of rotatable bonds is 5. The summed E-state index contributed by atoms with van der Waals surface area (Å²) in [5.74, 6) is -0.808. The first-order chi connectivity index (χ1) is 14.0. The van der Waals surface area contributed by atoms with E-state index in [0.717, 1.165) is 19.3 Å². The molecule has 0 amide bonds. The molecule has 0 radical (unpaired) electrons. The van der Waals surface area contributed by atoms with E-state index >= 15 is 0 Å². The molecule has 1 aliphatic rings. The van der Waals surface area contributed by atoms with Crippen LogP contribution in [0.1, 0.15) is 50.9 Å². The van der Waals surface area contributed by atoms with Crippen molar-refractivity contribution < 1.29 is 14.3 Å². The second-order valence-electron chi connectivity index (χ2n) is 7.29. The molecule has 148 valence electrons. The summed E-state index contributed by atoms with van der Waals surface area (Å²) >= 11 is 0. The fourth-order valence-electron chi connectivity index (χ4n) is 3.86. The van der Waals surface area contributed by atoms with Crippen molar-refractivity contribution in [3.05, 3.63) is 74.7 Å². The number of aromatic nitrogens is 2. The SMILES string of the molecule is CCn1c(=O)c(C)nc2cc(C(=O)OCC(=O)c3ccc4c(c3)CCC4)ccc21. The molecule has 0 bridgehead atoms. The lowest BCUT2D eigenvalue weighted by atomic mass is 10.0. The lowest BCUT2D eigenvalue weighted by molar-refractivity contribution is 0.0475. The number of carbonyl (C=O) groups excluding carboxylic acids is 2. The van der Waals surface area contributed by atoms with Crippen LogP contribution in [0.3, 0.4) is 0 Å². The number of Topliss-reactive ketones (excluding diaryl/α,β-unsaturated/α-hetero) is 1. The van der Waals surface area contributed by atoms with Gasteiger partial charge in [0.05, 0.1) is 16.6 Å². The zero-order valence-corrected chi connectivity index (χ0v) is 16.5. The van der Waals surface area contributed by atoms with Gasteiger partial charge in [-0.3, -0.25) is 9.59 Å². The Morgan fingerprint density at radius 3 is 2.62 bits per heavy atom. The van der Waals surface area contributed by atoms with Gasteiger partial charge in [0.25, 0.3) is 5.56 Å². The van der Waals surface area contributed by atoms with Crippen molar-refractivity contribution in [2.24, 2.45) is 0 Å². The Morgan fingerprint density at radius 1 is 1.07 bits per heavy atom. The number of hydrogen-bond acceptors (Lipinski definition) is 5. The first-order valence-corrected chi connectivity index (χ1v) is 9.81. The van der Waals surface area contributed by atoms with Gasteiger partial charge in [0, 0.05) is 12.1 Å². The van der Waals surface area contributed by atoms with E-state index < -0.39 is 5.97 Å². The molecule has 4 rings (SSSR count). The zero-order chi connectivity index (χ0) is 20.5. The van der Waals surface area contributed by atoms with Crippen LogP contribution in [-0.2, 0) is 24.1 Å². The summed E-state index contributed by atoms with van der Waals surface area (Å²) in [6.07, 6.45) is 3.16. The van der Waals surface area contributed by atoms with Gasteiger partial charge >= 0.3 is 5.97 Å². The molecule has 3 aromatic rings. The summed E-state index contributed by atoms with van der Waals surface area (Å²) in [4.78, 5) is 41.4. The maximum Gasteiger partial charge on any atom is 0.338 e. The molecule has 0 aliphatic heterocycles. The number of ether oxygens (including phenoxy) is 1. The molecule has 6 nitrogen and oxygen atoms in total. The van der Waals surface area contributed by atoms with Crippen molar-refractivity contribution in [1.29, 1.82) is 0 Å². The van der Waals surface area contributed by atoms with Crippen LogP contribution >= 0.6 is 0 Å². The molecule has 2 aromatic carbocycles. The van der Waals surface area contributed by atoms with E-state index in [0.29, 0.717) is 34.4 Å². The van der Waals surface area contributed by atoms with E-state index in [1.807, 2.05) is 19.1 Å². The van der Waals surface area contributed by atoms with Gasteiger partial charge in [0.15, 0.2) is 12.4 Å². The Labute approximate surface area is 168 Å². The third kappa shape index (κ3) is 3.58. The predicted octanol–water partition coefficient (Wildman–Crippen LogP) is 3.25. The summed E-state index contributed by atoms with van der Waals surface area (Å²) in [6, 6.07) is 10.6. The summed E-state index contributed by atoms with van der Waals surface area (Å²) in [6.45, 7) is 3.73. The van der Waals surface area contributed by atoms with Crippen molar-refractivity contribution in [2.75, 3.05) is 6.61 Å². The Hall–Kier alpha value is -3.28. The van der Waals surface area contributed by atoms with Crippen molar-refractivity contribution in [3.8, 4) is 0 Å². The van der Waals surface area contributed by atoms with E-state index in [-0.39, 0.29) is 17.9 Å². The molecule has 1 aromatic heterocycles. The van der Waals surface area contributed by atoms with Crippen molar-refractivity contribution in [1.82, 2.24) is 9.55 Å². The Balaban J connectivity index is 1.51. The van der Waals surface area contributed by atoms with Gasteiger partial charge in [-0.1, -0.05) is 12.1 Å². The van der Waals surface area contributed by atoms with E-state index in [1.54, 1.807) is 35.8 Å². The van der Waals surface area contributed by atoms with Gasteiger partial charge in [-0.05, 0) is 68.5 Å². The van der Waals surface area contributed by atoms with Gasteiger partial charge in [-0.2, -0.15) is 0 Å². The van der Waals surface area contributed by atoms with Gasteiger partial charge < -0.3 is 9.30 Å². The molecule has 0 saturated carbocycles. The third-order valence-corrected chi connectivity index (χ3v) is 5.42. The molecule has 1 aliphatic carbocycles. The van der Waals surface area contributed by atoms with Crippen LogP contribution in [0.25, 0.3) is 11.0 Å². The van der Waals surface area contributed by atoms with Crippen molar-refractivity contribution in [3.63, 3.8) is 0 Å². The van der Waals surface area contributed by atoms with Crippen LogP contribution in [0.4, 0.5) is 0 Å². The number of carbonyl (C=O) groups is 2. The minimum absolute atomic E-state index is 0.143. The molecule has 0 unspecified atom stereocenters. The monoisotopic (exact) mass is 390 g/mol. The Bertz CT molecular complexity index is 1190. The van der Waals surface area contributed by atoms with Crippen molar-refractivity contribution >= 4 is 22.8 Å². The van der Waals surface area contributed by atoms with Gasteiger partial charge in [0.1, 0.15) is 5.69 Å². The summed E-state index contributed by atoms with van der Waals surface area (Å²) in [5.41, 5.74) is 4.81. The Kier molecular flexibility index (Phi) is 5.01. The minimum atomic E-state index is -0.588. The quantitative estimate of drug-likeness (QED) is 0.494. The van der Waals surface area contributed by atoms with E-state index in [1.165, 1.54) is 11.1 Å². The second kappa shape index (κ2) is 7.62. The molecule has 1 heterocycles. The molecule has 29 heavy (non-hydrogen) atoms. The zero-order valence-electron chi connectivity index (χ0n) is 16.5. The maximum atomic E-state index is 12.4. The lowest BCUT2D eigenvalue weighted by Crippen LogP contribution is -2.23. The number of nitrogens with zero attached hydrogens (tertiary/aromatic N) is 2. The molecule has 0 fully saturated rings. The van der Waals surface area contributed by atoms with Crippen LogP contribution in [-0.4, -0.2) is 27.9 Å². The van der Waals surface area contributed by atoms with Gasteiger partial charge in [0.2, 0.25) is 0 Å². The van der Waals surface area contributed by atoms with Gasteiger partial charge in [-0.25, -0.2) is 9.78 Å². The average Bonchev–Trinajstić information content (AvgIpc) is 3.20.